The Morgan fingerprint density at radius 2 is 2.03 bits per heavy atom. The summed E-state index contributed by atoms with van der Waals surface area (Å²) in [7, 11) is 0. The van der Waals surface area contributed by atoms with Crippen LogP contribution in [-0.2, 0) is 0 Å². The van der Waals surface area contributed by atoms with Crippen LogP contribution >= 0.6 is 11.6 Å². The minimum absolute atomic E-state index is 0.0994. The van der Waals surface area contributed by atoms with Gasteiger partial charge in [-0.15, -0.1) is 0 Å². The molecule has 0 aliphatic carbocycles. The van der Waals surface area contributed by atoms with Gasteiger partial charge in [-0.2, -0.15) is 0 Å². The number of carbonyl (C=O) groups is 1. The van der Waals surface area contributed by atoms with Crippen LogP contribution in [0.15, 0.2) is 23.9 Å². The van der Waals surface area contributed by atoms with E-state index in [9.17, 15) is 14.3 Å². The fourth-order valence-electron chi connectivity index (χ4n) is 3.90. The van der Waals surface area contributed by atoms with Crippen molar-refractivity contribution in [1.29, 1.82) is 0 Å². The van der Waals surface area contributed by atoms with Crippen LogP contribution in [0.25, 0.3) is 5.57 Å². The van der Waals surface area contributed by atoms with E-state index in [4.69, 9.17) is 22.1 Å². The molecule has 1 saturated heterocycles. The molecule has 8 nitrogen and oxygen atoms in total. The van der Waals surface area contributed by atoms with Gasteiger partial charge in [0.05, 0.1) is 35.1 Å². The van der Waals surface area contributed by atoms with Gasteiger partial charge in [0.15, 0.2) is 5.82 Å². The Morgan fingerprint density at radius 1 is 1.31 bits per heavy atom. The van der Waals surface area contributed by atoms with Crippen molar-refractivity contribution in [2.75, 3.05) is 26.2 Å². The number of carbonyl (C=O) groups excluding carboxylic acids is 1. The molecular formula is C22H25ClFN5O3. The molecule has 0 unspecified atom stereocenters. The molecule has 1 fully saturated rings. The average Bonchev–Trinajstić information content (AvgIpc) is 3.14. The molecule has 4 N–H and O–H groups in total. The van der Waals surface area contributed by atoms with E-state index in [1.54, 1.807) is 13.8 Å². The number of hydrogen-bond donors (Lipinski definition) is 3. The monoisotopic (exact) mass is 461 g/mol. The number of nitrogens with zero attached hydrogens (tertiary/aromatic N) is 3. The zero-order valence-electron chi connectivity index (χ0n) is 17.9. The number of nitrogens with one attached hydrogen (secondary N) is 1. The lowest BCUT2D eigenvalue weighted by molar-refractivity contribution is 0.0153. The number of aliphatic hydroxyl groups excluding tert-OH is 1. The Morgan fingerprint density at radius 3 is 2.72 bits per heavy atom. The molecular weight excluding hydrogens is 437 g/mol. The Hall–Kier alpha value is -2.75. The number of β-amino-alcohol motifs (C(OH)–C–C–N with tert-alkyl or cyclic N) is 1. The van der Waals surface area contributed by atoms with Crippen LogP contribution < -0.4 is 15.8 Å². The smallest absolute Gasteiger partial charge is 0.258 e. The fraction of sp³-hybridized carbons (Fsp3) is 0.409. The van der Waals surface area contributed by atoms with Crippen molar-refractivity contribution >= 4 is 23.1 Å². The Balaban J connectivity index is 1.57. The van der Waals surface area contributed by atoms with E-state index >= 15 is 0 Å². The molecule has 0 radical (unpaired) electrons. The van der Waals surface area contributed by atoms with Gasteiger partial charge in [-0.3, -0.25) is 4.79 Å². The van der Waals surface area contributed by atoms with Crippen molar-refractivity contribution in [3.8, 4) is 5.75 Å². The van der Waals surface area contributed by atoms with Crippen molar-refractivity contribution in [2.45, 2.75) is 32.5 Å². The highest BCUT2D eigenvalue weighted by atomic mass is 35.5. The Labute approximate surface area is 190 Å². The summed E-state index contributed by atoms with van der Waals surface area (Å²) in [4.78, 5) is 23.7. The van der Waals surface area contributed by atoms with Crippen LogP contribution in [-0.4, -0.2) is 64.3 Å². The molecule has 170 valence electrons. The number of aromatic nitrogens is 2. The number of rotatable bonds is 4. The van der Waals surface area contributed by atoms with E-state index in [1.807, 2.05) is 0 Å². The lowest BCUT2D eigenvalue weighted by Gasteiger charge is -2.30. The van der Waals surface area contributed by atoms with E-state index in [0.717, 1.165) is 0 Å². The summed E-state index contributed by atoms with van der Waals surface area (Å²) in [5, 5.41) is 13.7. The second-order valence-corrected chi connectivity index (χ2v) is 8.43. The van der Waals surface area contributed by atoms with E-state index < -0.39 is 18.0 Å². The van der Waals surface area contributed by atoms with Crippen molar-refractivity contribution in [3.05, 3.63) is 57.5 Å². The summed E-state index contributed by atoms with van der Waals surface area (Å²) in [5.74, 6) is -0.350. The molecule has 3 heterocycles. The molecule has 2 aliphatic rings. The second kappa shape index (κ2) is 9.01. The normalized spacial score (nSPS) is 21.2. The van der Waals surface area contributed by atoms with Gasteiger partial charge in [-0.25, -0.2) is 14.4 Å². The van der Waals surface area contributed by atoms with Gasteiger partial charge in [0.2, 0.25) is 0 Å². The third-order valence-electron chi connectivity index (χ3n) is 5.68. The number of hydrogen-bond acceptors (Lipinski definition) is 7. The highest BCUT2D eigenvalue weighted by molar-refractivity contribution is 6.31. The number of ether oxygens (including phenoxy) is 1. The van der Waals surface area contributed by atoms with Crippen LogP contribution in [0.5, 0.6) is 5.75 Å². The van der Waals surface area contributed by atoms with Crippen LogP contribution in [0.3, 0.4) is 0 Å². The molecule has 2 atom stereocenters. The number of amides is 1. The molecule has 10 heteroatoms. The van der Waals surface area contributed by atoms with Crippen molar-refractivity contribution < 1.29 is 19.0 Å². The first-order valence-electron chi connectivity index (χ1n) is 10.4. The second-order valence-electron chi connectivity index (χ2n) is 8.05. The van der Waals surface area contributed by atoms with E-state index in [2.05, 4.69) is 15.3 Å². The Bertz CT molecular complexity index is 1070. The molecule has 2 aliphatic heterocycles. The van der Waals surface area contributed by atoms with Crippen LogP contribution in [0.4, 0.5) is 4.39 Å². The van der Waals surface area contributed by atoms with Gasteiger partial charge in [-0.1, -0.05) is 11.6 Å². The van der Waals surface area contributed by atoms with Crippen LogP contribution in [0, 0.1) is 19.7 Å². The summed E-state index contributed by atoms with van der Waals surface area (Å²) < 4.78 is 19.8. The minimum Gasteiger partial charge on any atom is -0.487 e. The minimum atomic E-state index is -0.751. The first-order valence-corrected chi connectivity index (χ1v) is 10.7. The zero-order chi connectivity index (χ0) is 23.0. The van der Waals surface area contributed by atoms with Gasteiger partial charge in [-0.05, 0) is 38.9 Å². The lowest BCUT2D eigenvalue weighted by atomic mass is 10.1. The number of piperidine rings is 1. The zero-order valence-corrected chi connectivity index (χ0v) is 18.6. The summed E-state index contributed by atoms with van der Waals surface area (Å²) in [5.41, 5.74) is 8.83. The van der Waals surface area contributed by atoms with Crippen molar-refractivity contribution in [1.82, 2.24) is 20.2 Å². The number of aliphatic hydroxyl groups is 1. The third-order valence-corrected chi connectivity index (χ3v) is 6.23. The van der Waals surface area contributed by atoms with Gasteiger partial charge in [0.25, 0.3) is 5.91 Å². The SMILES string of the molecule is Cc1nc(C2=C(N)CN(C(=O)c3ccc(F)cc3O[C@H]3CCNC[C@@H]3O)C2)nc(C)c1Cl. The Kier molecular flexibility index (Phi) is 6.32. The summed E-state index contributed by atoms with van der Waals surface area (Å²) in [6.45, 7) is 5.00. The molecule has 1 aromatic carbocycles. The quantitative estimate of drug-likeness (QED) is 0.636. The van der Waals surface area contributed by atoms with Gasteiger partial charge >= 0.3 is 0 Å². The maximum Gasteiger partial charge on any atom is 0.258 e. The van der Waals surface area contributed by atoms with Crippen LogP contribution in [0.1, 0.15) is 34.0 Å². The predicted octanol–water partition coefficient (Wildman–Crippen LogP) is 1.81. The maximum atomic E-state index is 14.0. The fourth-order valence-corrected chi connectivity index (χ4v) is 3.99. The van der Waals surface area contributed by atoms with Gasteiger partial charge in [0, 0.05) is 23.9 Å². The van der Waals surface area contributed by atoms with Gasteiger partial charge in [0.1, 0.15) is 23.8 Å². The molecule has 0 bridgehead atoms. The molecule has 2 aromatic rings. The van der Waals surface area contributed by atoms with Gasteiger partial charge < -0.3 is 25.8 Å². The van der Waals surface area contributed by atoms with Crippen LogP contribution in [0.2, 0.25) is 5.02 Å². The number of aryl methyl sites for hydroxylation is 2. The molecule has 32 heavy (non-hydrogen) atoms. The number of halogens is 2. The van der Waals surface area contributed by atoms with Crippen molar-refractivity contribution in [3.63, 3.8) is 0 Å². The van der Waals surface area contributed by atoms with E-state index in [1.165, 1.54) is 23.1 Å². The molecule has 0 spiro atoms. The number of benzene rings is 1. The maximum absolute atomic E-state index is 14.0. The standard InChI is InChI=1S/C22H25ClFN5O3/c1-11-20(23)12(2)28-21(27-11)15-9-29(10-16(15)25)22(31)14-4-3-13(24)7-19(14)32-18-5-6-26-8-17(18)30/h3-4,7,17-18,26,30H,5-6,8-10,25H2,1-2H3/t17-,18-/m0/s1. The molecule has 4 rings (SSSR count). The first kappa shape index (κ1) is 22.4. The first-order chi connectivity index (χ1) is 15.2. The average molecular weight is 462 g/mol. The topological polar surface area (TPSA) is 114 Å². The molecule has 0 saturated carbocycles. The number of nitrogens with two attached hydrogens (primary N) is 1. The largest absolute Gasteiger partial charge is 0.487 e. The highest BCUT2D eigenvalue weighted by Gasteiger charge is 2.31. The van der Waals surface area contributed by atoms with Crippen molar-refractivity contribution in [2.24, 2.45) is 5.73 Å². The summed E-state index contributed by atoms with van der Waals surface area (Å²) >= 11 is 6.17. The molecule has 1 amide bonds. The van der Waals surface area contributed by atoms with E-state index in [0.29, 0.717) is 53.0 Å². The molecule has 1 aromatic heterocycles. The lowest BCUT2D eigenvalue weighted by Crippen LogP contribution is -2.46. The third kappa shape index (κ3) is 4.41. The summed E-state index contributed by atoms with van der Waals surface area (Å²) in [6, 6.07) is 3.77. The van der Waals surface area contributed by atoms with E-state index in [-0.39, 0.29) is 30.3 Å². The highest BCUT2D eigenvalue weighted by Crippen LogP contribution is 2.29. The predicted molar refractivity (Wildman–Crippen MR) is 118 cm³/mol. The summed E-state index contributed by atoms with van der Waals surface area (Å²) in [6.07, 6.45) is -0.741.